The first-order valence-electron chi connectivity index (χ1n) is 10.7. The van der Waals surface area contributed by atoms with Gasteiger partial charge in [-0.15, -0.1) is 0 Å². The highest BCUT2D eigenvalue weighted by molar-refractivity contribution is 5.83. The molecular weight excluding hydrogens is 366 g/mol. The van der Waals surface area contributed by atoms with E-state index in [4.69, 9.17) is 4.74 Å². The Morgan fingerprint density at radius 3 is 2.76 bits per heavy atom. The number of allylic oxidation sites excluding steroid dienone is 4. The first-order valence-corrected chi connectivity index (χ1v) is 10.7. The second-order valence-corrected chi connectivity index (χ2v) is 9.90. The maximum Gasteiger partial charge on any atom is 0.408 e. The van der Waals surface area contributed by atoms with E-state index in [9.17, 15) is 9.59 Å². The summed E-state index contributed by atoms with van der Waals surface area (Å²) in [7, 11) is 0. The minimum Gasteiger partial charge on any atom is -0.444 e. The van der Waals surface area contributed by atoms with E-state index in [1.54, 1.807) is 20.8 Å². The number of ether oxygens (including phenoxy) is 1. The van der Waals surface area contributed by atoms with E-state index >= 15 is 0 Å². The summed E-state index contributed by atoms with van der Waals surface area (Å²) in [5.41, 5.74) is 3.29. The fourth-order valence-electron chi connectivity index (χ4n) is 4.54. The number of hydrogen-bond acceptors (Lipinski definition) is 4. The van der Waals surface area contributed by atoms with E-state index in [1.807, 2.05) is 4.90 Å². The second kappa shape index (κ2) is 7.88. The number of alkyl carbamates (subject to hydrolysis) is 1. The fourth-order valence-corrected chi connectivity index (χ4v) is 4.54. The van der Waals surface area contributed by atoms with Gasteiger partial charge in [0.1, 0.15) is 12.1 Å². The predicted octanol–water partition coefficient (Wildman–Crippen LogP) is 3.87. The molecule has 6 heteroatoms. The Balaban J connectivity index is 1.76. The third-order valence-electron chi connectivity index (χ3n) is 5.89. The van der Waals surface area contributed by atoms with Crippen LogP contribution in [0.15, 0.2) is 35.2 Å². The van der Waals surface area contributed by atoms with Crippen molar-refractivity contribution in [3.05, 3.63) is 35.2 Å². The molecule has 2 N–H and O–H groups in total. The Bertz CT molecular complexity index is 773. The van der Waals surface area contributed by atoms with Crippen molar-refractivity contribution in [3.8, 4) is 0 Å². The molecule has 0 aromatic carbocycles. The van der Waals surface area contributed by atoms with Gasteiger partial charge in [0, 0.05) is 23.4 Å². The molecule has 3 rings (SSSR count). The summed E-state index contributed by atoms with van der Waals surface area (Å²) in [5, 5.41) is 6.27. The van der Waals surface area contributed by atoms with Gasteiger partial charge in [0.2, 0.25) is 5.91 Å². The summed E-state index contributed by atoms with van der Waals surface area (Å²) in [5.74, 6) is 0.382. The first kappa shape index (κ1) is 21.5. The van der Waals surface area contributed by atoms with Gasteiger partial charge < -0.3 is 20.3 Å². The van der Waals surface area contributed by atoms with Gasteiger partial charge in [-0.3, -0.25) is 4.79 Å². The summed E-state index contributed by atoms with van der Waals surface area (Å²) < 4.78 is 5.26. The molecule has 1 aliphatic carbocycles. The zero-order chi connectivity index (χ0) is 21.4. The van der Waals surface area contributed by atoms with Crippen molar-refractivity contribution in [2.75, 3.05) is 13.1 Å². The molecule has 0 spiro atoms. The smallest absolute Gasteiger partial charge is 0.408 e. The molecule has 2 amide bonds. The van der Waals surface area contributed by atoms with Crippen LogP contribution in [-0.4, -0.2) is 41.6 Å². The molecule has 0 aromatic rings. The van der Waals surface area contributed by atoms with E-state index < -0.39 is 11.7 Å². The van der Waals surface area contributed by atoms with Gasteiger partial charge in [0.15, 0.2) is 0 Å². The molecule has 6 nitrogen and oxygen atoms in total. The lowest BCUT2D eigenvalue weighted by atomic mass is 9.73. The van der Waals surface area contributed by atoms with Crippen molar-refractivity contribution in [2.24, 2.45) is 11.3 Å². The maximum atomic E-state index is 13.0. The van der Waals surface area contributed by atoms with Crippen LogP contribution >= 0.6 is 0 Å². The molecule has 2 atom stereocenters. The summed E-state index contributed by atoms with van der Waals surface area (Å²) in [6, 6.07) is 0.00927. The summed E-state index contributed by atoms with van der Waals surface area (Å²) in [6.07, 6.45) is 8.67. The molecule has 0 radical (unpaired) electrons. The van der Waals surface area contributed by atoms with Crippen LogP contribution in [0.5, 0.6) is 0 Å². The normalized spacial score (nSPS) is 26.0. The third-order valence-corrected chi connectivity index (χ3v) is 5.89. The van der Waals surface area contributed by atoms with Gasteiger partial charge in [-0.1, -0.05) is 26.0 Å². The molecule has 0 bridgehead atoms. The zero-order valence-corrected chi connectivity index (χ0v) is 18.6. The van der Waals surface area contributed by atoms with Crippen LogP contribution in [0.3, 0.4) is 0 Å². The minimum atomic E-state index is -0.584. The molecule has 0 saturated carbocycles. The standard InChI is InChI=1S/C23H35N3O3/c1-15(2)13-17-20-16(23(6)11-8-7-9-18(23)25-20)10-12-26(17)19(27)14-24-21(28)29-22(3,4)5/h7-9,15,17,25H,10-14H2,1-6H3,(H,24,28). The van der Waals surface area contributed by atoms with Gasteiger partial charge in [-0.2, -0.15) is 0 Å². The largest absolute Gasteiger partial charge is 0.444 e. The number of amides is 2. The third kappa shape index (κ3) is 4.51. The predicted molar refractivity (Wildman–Crippen MR) is 114 cm³/mol. The average molecular weight is 402 g/mol. The van der Waals surface area contributed by atoms with Crippen LogP contribution in [0.1, 0.15) is 60.8 Å². The van der Waals surface area contributed by atoms with Crippen molar-refractivity contribution in [3.63, 3.8) is 0 Å². The number of carbonyl (C=O) groups is 2. The Morgan fingerprint density at radius 2 is 2.10 bits per heavy atom. The molecule has 0 saturated heterocycles. The number of carbonyl (C=O) groups excluding carboxylic acids is 2. The number of nitrogens with one attached hydrogen (secondary N) is 2. The Hall–Kier alpha value is -2.24. The first-order chi connectivity index (χ1) is 13.5. The van der Waals surface area contributed by atoms with Crippen molar-refractivity contribution < 1.29 is 14.3 Å². The highest BCUT2D eigenvalue weighted by Crippen LogP contribution is 2.50. The van der Waals surface area contributed by atoms with Gasteiger partial charge in [0.05, 0.1) is 6.04 Å². The van der Waals surface area contributed by atoms with E-state index in [-0.39, 0.29) is 23.9 Å². The Kier molecular flexibility index (Phi) is 5.84. The van der Waals surface area contributed by atoms with Crippen LogP contribution in [0.4, 0.5) is 4.79 Å². The number of nitrogens with zero attached hydrogens (tertiary/aromatic N) is 1. The fraction of sp³-hybridized carbons (Fsp3) is 0.652. The SMILES string of the molecule is CC(C)CC1C2=C(CCN1C(=O)CNC(=O)OC(C)(C)C)C1(C)CC=CC=C1N2. The molecule has 160 valence electrons. The molecule has 0 aromatic heterocycles. The number of fused-ring (bicyclic) bond motifs is 2. The van der Waals surface area contributed by atoms with E-state index in [1.165, 1.54) is 17.0 Å². The zero-order valence-electron chi connectivity index (χ0n) is 18.6. The number of hydrogen-bond donors (Lipinski definition) is 2. The molecular formula is C23H35N3O3. The number of rotatable bonds is 4. The van der Waals surface area contributed by atoms with E-state index in [0.717, 1.165) is 19.3 Å². The summed E-state index contributed by atoms with van der Waals surface area (Å²) >= 11 is 0. The van der Waals surface area contributed by atoms with E-state index in [0.29, 0.717) is 12.5 Å². The molecule has 3 aliphatic rings. The van der Waals surface area contributed by atoms with Crippen molar-refractivity contribution >= 4 is 12.0 Å². The lowest BCUT2D eigenvalue weighted by molar-refractivity contribution is -0.132. The Labute approximate surface area is 174 Å². The topological polar surface area (TPSA) is 70.7 Å². The minimum absolute atomic E-state index is 0.00927. The van der Waals surface area contributed by atoms with Crippen LogP contribution in [0.25, 0.3) is 0 Å². The van der Waals surface area contributed by atoms with Crippen molar-refractivity contribution in [2.45, 2.75) is 72.4 Å². The van der Waals surface area contributed by atoms with Crippen LogP contribution in [0.2, 0.25) is 0 Å². The maximum absolute atomic E-state index is 13.0. The molecule has 2 aliphatic heterocycles. The van der Waals surface area contributed by atoms with Gasteiger partial charge in [-0.05, 0) is 64.5 Å². The lowest BCUT2D eigenvalue weighted by Crippen LogP contribution is -2.51. The second-order valence-electron chi connectivity index (χ2n) is 9.90. The summed E-state index contributed by atoms with van der Waals surface area (Å²) in [4.78, 5) is 26.9. The Morgan fingerprint density at radius 1 is 1.38 bits per heavy atom. The van der Waals surface area contributed by atoms with Gasteiger partial charge >= 0.3 is 6.09 Å². The van der Waals surface area contributed by atoms with Crippen LogP contribution in [-0.2, 0) is 9.53 Å². The quantitative estimate of drug-likeness (QED) is 0.750. The summed E-state index contributed by atoms with van der Waals surface area (Å²) in [6.45, 7) is 12.7. The molecule has 2 unspecified atom stereocenters. The lowest BCUT2D eigenvalue weighted by Gasteiger charge is -2.39. The molecule has 0 fully saturated rings. The highest BCUT2D eigenvalue weighted by atomic mass is 16.6. The van der Waals surface area contributed by atoms with Gasteiger partial charge in [-0.25, -0.2) is 4.79 Å². The van der Waals surface area contributed by atoms with Crippen molar-refractivity contribution in [1.29, 1.82) is 0 Å². The van der Waals surface area contributed by atoms with Crippen LogP contribution in [0, 0.1) is 11.3 Å². The van der Waals surface area contributed by atoms with Crippen LogP contribution < -0.4 is 10.6 Å². The monoisotopic (exact) mass is 401 g/mol. The molecule has 2 heterocycles. The average Bonchev–Trinajstić information content (AvgIpc) is 2.91. The van der Waals surface area contributed by atoms with E-state index in [2.05, 4.69) is 49.6 Å². The van der Waals surface area contributed by atoms with Gasteiger partial charge in [0.25, 0.3) is 0 Å². The molecule has 29 heavy (non-hydrogen) atoms. The highest BCUT2D eigenvalue weighted by Gasteiger charge is 2.46. The van der Waals surface area contributed by atoms with Crippen molar-refractivity contribution in [1.82, 2.24) is 15.5 Å².